The summed E-state index contributed by atoms with van der Waals surface area (Å²) in [5.41, 5.74) is 0.302. The number of aromatic amines is 1. The van der Waals surface area contributed by atoms with Gasteiger partial charge in [-0.25, -0.2) is 9.78 Å². The number of thiazole rings is 1. The maximum atomic E-state index is 12.6. The average Bonchev–Trinajstić information content (AvgIpc) is 3.23. The quantitative estimate of drug-likeness (QED) is 0.285. The zero-order chi connectivity index (χ0) is 20.5. The van der Waals surface area contributed by atoms with Gasteiger partial charge in [0.05, 0.1) is 10.6 Å². The molecule has 1 amide bonds. The Balaban J connectivity index is 1.66. The highest BCUT2D eigenvalue weighted by atomic mass is 32.1. The number of aromatic nitrogens is 4. The van der Waals surface area contributed by atoms with E-state index in [2.05, 4.69) is 27.1 Å². The molecule has 2 N–H and O–H groups in total. The molecule has 10 heteroatoms. The third kappa shape index (κ3) is 3.55. The summed E-state index contributed by atoms with van der Waals surface area (Å²) in [4.78, 5) is 30.0. The van der Waals surface area contributed by atoms with Gasteiger partial charge in [0.1, 0.15) is 11.1 Å². The lowest BCUT2D eigenvalue weighted by molar-refractivity contribution is 0.102. The van der Waals surface area contributed by atoms with Crippen LogP contribution in [0.4, 0.5) is 5.13 Å². The minimum Gasteiger partial charge on any atom is -0.422 e. The van der Waals surface area contributed by atoms with Crippen LogP contribution in [0.1, 0.15) is 16.1 Å². The Hall–Kier alpha value is -3.37. The number of para-hydroxylation sites is 1. The molecule has 0 saturated heterocycles. The lowest BCUT2D eigenvalue weighted by Crippen LogP contribution is -2.20. The van der Waals surface area contributed by atoms with Crippen LogP contribution >= 0.6 is 23.6 Å². The molecular weight excluding hydrogens is 410 g/mol. The van der Waals surface area contributed by atoms with E-state index in [0.717, 1.165) is 4.88 Å². The topological polar surface area (TPSA) is 106 Å². The molecule has 146 valence electrons. The highest BCUT2D eigenvalue weighted by Gasteiger charge is 2.19. The van der Waals surface area contributed by atoms with E-state index in [1.807, 2.05) is 6.92 Å². The fraction of sp³-hybridized carbons (Fsp3) is 0.105. The molecule has 3 aromatic heterocycles. The molecule has 0 aliphatic rings. The zero-order valence-corrected chi connectivity index (χ0v) is 16.9. The van der Waals surface area contributed by atoms with Gasteiger partial charge in [0, 0.05) is 11.9 Å². The summed E-state index contributed by atoms with van der Waals surface area (Å²) in [6, 6.07) is 8.50. The van der Waals surface area contributed by atoms with Crippen LogP contribution in [0.25, 0.3) is 21.7 Å². The molecule has 0 aliphatic heterocycles. The second kappa shape index (κ2) is 7.57. The van der Waals surface area contributed by atoms with Crippen molar-refractivity contribution >= 4 is 45.6 Å². The number of fused-ring (bicyclic) bond motifs is 1. The molecule has 0 atom stereocenters. The van der Waals surface area contributed by atoms with Crippen LogP contribution in [-0.2, 0) is 6.54 Å². The van der Waals surface area contributed by atoms with Crippen LogP contribution in [0.2, 0.25) is 0 Å². The standard InChI is InChI=1S/C19H15N5O3S2/c1-3-8-24-15(22-23-19(24)28)14-10(2)20-18(29-14)21-16(25)12-9-11-6-4-5-7-13(11)27-17(12)26/h3-7,9H,1,8H2,2H3,(H,23,28)(H,20,21,25). The molecule has 8 nitrogen and oxygen atoms in total. The summed E-state index contributed by atoms with van der Waals surface area (Å²) in [7, 11) is 0. The summed E-state index contributed by atoms with van der Waals surface area (Å²) < 4.78 is 7.47. The van der Waals surface area contributed by atoms with Crippen LogP contribution in [0.3, 0.4) is 0 Å². The first kappa shape index (κ1) is 19.0. The molecule has 0 fully saturated rings. The van der Waals surface area contributed by atoms with E-state index in [1.54, 1.807) is 34.9 Å². The van der Waals surface area contributed by atoms with E-state index < -0.39 is 11.5 Å². The third-order valence-corrected chi connectivity index (χ3v) is 5.56. The second-order valence-corrected chi connectivity index (χ2v) is 7.51. The van der Waals surface area contributed by atoms with Crippen molar-refractivity contribution in [1.29, 1.82) is 0 Å². The smallest absolute Gasteiger partial charge is 0.349 e. The van der Waals surface area contributed by atoms with Gasteiger partial charge in [0.25, 0.3) is 5.91 Å². The number of H-pyrrole nitrogens is 1. The van der Waals surface area contributed by atoms with E-state index in [4.69, 9.17) is 16.6 Å². The maximum Gasteiger partial charge on any atom is 0.349 e. The fourth-order valence-electron chi connectivity index (χ4n) is 2.83. The van der Waals surface area contributed by atoms with Gasteiger partial charge in [0.15, 0.2) is 15.7 Å². The number of hydrogen-bond donors (Lipinski definition) is 2. The molecular formula is C19H15N5O3S2. The Morgan fingerprint density at radius 2 is 2.24 bits per heavy atom. The lowest BCUT2D eigenvalue weighted by atomic mass is 10.2. The molecule has 0 unspecified atom stereocenters. The number of rotatable bonds is 5. The number of hydrogen-bond acceptors (Lipinski definition) is 7. The predicted molar refractivity (Wildman–Crippen MR) is 114 cm³/mol. The van der Waals surface area contributed by atoms with Gasteiger partial charge in [-0.15, -0.1) is 6.58 Å². The summed E-state index contributed by atoms with van der Waals surface area (Å²) in [5, 5.41) is 10.7. The Bertz CT molecular complexity index is 1360. The van der Waals surface area contributed by atoms with Gasteiger partial charge in [-0.2, -0.15) is 5.10 Å². The lowest BCUT2D eigenvalue weighted by Gasteiger charge is -2.02. The van der Waals surface area contributed by atoms with E-state index in [9.17, 15) is 9.59 Å². The minimum absolute atomic E-state index is 0.0903. The summed E-state index contributed by atoms with van der Waals surface area (Å²) >= 11 is 6.48. The van der Waals surface area contributed by atoms with Crippen molar-refractivity contribution in [2.75, 3.05) is 5.32 Å². The number of carbonyl (C=O) groups is 1. The van der Waals surface area contributed by atoms with Crippen LogP contribution in [0.5, 0.6) is 0 Å². The number of anilines is 1. The Morgan fingerprint density at radius 1 is 1.45 bits per heavy atom. The first-order valence-corrected chi connectivity index (χ1v) is 9.78. The number of benzene rings is 1. The molecule has 0 aliphatic carbocycles. The van der Waals surface area contributed by atoms with Crippen molar-refractivity contribution in [3.63, 3.8) is 0 Å². The van der Waals surface area contributed by atoms with Crippen LogP contribution < -0.4 is 10.9 Å². The number of nitrogens with one attached hydrogen (secondary N) is 2. The molecule has 4 rings (SSSR count). The first-order chi connectivity index (χ1) is 14.0. The van der Waals surface area contributed by atoms with Gasteiger partial charge in [-0.05, 0) is 31.3 Å². The SMILES string of the molecule is C=CCn1c(-c2sc(NC(=O)c3cc4ccccc4oc3=O)nc2C)n[nH]c1=S. The number of allylic oxidation sites excluding steroid dienone is 1. The van der Waals surface area contributed by atoms with Crippen molar-refractivity contribution in [3.8, 4) is 10.7 Å². The van der Waals surface area contributed by atoms with E-state index in [-0.39, 0.29) is 5.56 Å². The summed E-state index contributed by atoms with van der Waals surface area (Å²) in [6.45, 7) is 6.02. The molecule has 0 saturated carbocycles. The molecule has 1 aromatic carbocycles. The molecule has 29 heavy (non-hydrogen) atoms. The number of amides is 1. The highest BCUT2D eigenvalue weighted by Crippen LogP contribution is 2.32. The maximum absolute atomic E-state index is 12.6. The van der Waals surface area contributed by atoms with Crippen LogP contribution in [-0.4, -0.2) is 25.7 Å². The van der Waals surface area contributed by atoms with Gasteiger partial charge in [-0.1, -0.05) is 35.6 Å². The molecule has 0 radical (unpaired) electrons. The van der Waals surface area contributed by atoms with Crippen molar-refractivity contribution in [3.05, 3.63) is 69.4 Å². The van der Waals surface area contributed by atoms with Crippen molar-refractivity contribution < 1.29 is 9.21 Å². The second-order valence-electron chi connectivity index (χ2n) is 6.12. The molecule has 0 bridgehead atoms. The monoisotopic (exact) mass is 425 g/mol. The van der Waals surface area contributed by atoms with Crippen LogP contribution in [0, 0.1) is 11.7 Å². The predicted octanol–water partition coefficient (Wildman–Crippen LogP) is 3.92. The largest absolute Gasteiger partial charge is 0.422 e. The van der Waals surface area contributed by atoms with E-state index in [0.29, 0.717) is 38.9 Å². The summed E-state index contributed by atoms with van der Waals surface area (Å²) in [5.74, 6) is 0.0189. The van der Waals surface area contributed by atoms with Crippen LogP contribution in [0.15, 0.2) is 52.2 Å². The highest BCUT2D eigenvalue weighted by molar-refractivity contribution is 7.71. The first-order valence-electron chi connectivity index (χ1n) is 8.56. The van der Waals surface area contributed by atoms with Gasteiger partial charge >= 0.3 is 5.63 Å². The number of carbonyl (C=O) groups excluding carboxylic acids is 1. The zero-order valence-electron chi connectivity index (χ0n) is 15.3. The van der Waals surface area contributed by atoms with Crippen molar-refractivity contribution in [2.24, 2.45) is 0 Å². The fourth-order valence-corrected chi connectivity index (χ4v) is 4.00. The van der Waals surface area contributed by atoms with Crippen molar-refractivity contribution in [1.82, 2.24) is 19.7 Å². The van der Waals surface area contributed by atoms with E-state index >= 15 is 0 Å². The minimum atomic E-state index is -0.707. The Labute approximate surface area is 173 Å². The van der Waals surface area contributed by atoms with Gasteiger partial charge in [-0.3, -0.25) is 19.8 Å². The van der Waals surface area contributed by atoms with Crippen molar-refractivity contribution in [2.45, 2.75) is 13.5 Å². The van der Waals surface area contributed by atoms with Gasteiger partial charge < -0.3 is 4.42 Å². The van der Waals surface area contributed by atoms with E-state index in [1.165, 1.54) is 17.4 Å². The third-order valence-electron chi connectivity index (χ3n) is 4.18. The normalized spacial score (nSPS) is 10.9. The Morgan fingerprint density at radius 3 is 3.03 bits per heavy atom. The Kier molecular flexibility index (Phi) is 4.95. The summed E-state index contributed by atoms with van der Waals surface area (Å²) in [6.07, 6.45) is 1.72. The molecule has 0 spiro atoms. The van der Waals surface area contributed by atoms with Gasteiger partial charge in [0.2, 0.25) is 0 Å². The average molecular weight is 425 g/mol. The molecule has 3 heterocycles. The molecule has 4 aromatic rings. The number of aryl methyl sites for hydroxylation is 1. The number of nitrogens with zero attached hydrogens (tertiary/aromatic N) is 3.